The fourth-order valence-electron chi connectivity index (χ4n) is 1.45. The molecule has 0 bridgehead atoms. The molecule has 0 radical (unpaired) electrons. The number of ether oxygens (including phenoxy) is 1. The molecule has 0 aliphatic carbocycles. The molecule has 0 N–H and O–H groups in total. The Balaban J connectivity index is 2.34. The van der Waals surface area contributed by atoms with Gasteiger partial charge in [0.25, 0.3) is 0 Å². The van der Waals surface area contributed by atoms with Crippen LogP contribution in [0.2, 0.25) is 5.02 Å². The van der Waals surface area contributed by atoms with E-state index >= 15 is 0 Å². The largest absolute Gasteiger partial charge is 0.438 e. The van der Waals surface area contributed by atoms with Crippen molar-refractivity contribution in [3.63, 3.8) is 0 Å². The minimum atomic E-state index is 0.487. The highest BCUT2D eigenvalue weighted by molar-refractivity contribution is 9.10. The smallest absolute Gasteiger partial charge is 0.236 e. The molecule has 2 rings (SSSR count). The van der Waals surface area contributed by atoms with Crippen LogP contribution < -0.4 is 4.74 Å². The molecule has 17 heavy (non-hydrogen) atoms. The van der Waals surface area contributed by atoms with Crippen LogP contribution >= 0.6 is 27.5 Å². The zero-order valence-electron chi connectivity index (χ0n) is 9.37. The zero-order valence-corrected chi connectivity index (χ0v) is 11.7. The molecule has 0 amide bonds. The van der Waals surface area contributed by atoms with Gasteiger partial charge in [0.05, 0.1) is 4.47 Å². The third-order valence-corrected chi connectivity index (χ3v) is 3.40. The Morgan fingerprint density at radius 1 is 1.24 bits per heavy atom. The van der Waals surface area contributed by atoms with E-state index in [9.17, 15) is 0 Å². The minimum Gasteiger partial charge on any atom is -0.438 e. The van der Waals surface area contributed by atoms with Gasteiger partial charge in [0.2, 0.25) is 5.88 Å². The predicted molar refractivity (Wildman–Crippen MR) is 70.7 cm³/mol. The molecule has 0 atom stereocenters. The molecule has 0 fully saturated rings. The van der Waals surface area contributed by atoms with Crippen molar-refractivity contribution < 1.29 is 4.74 Å². The summed E-state index contributed by atoms with van der Waals surface area (Å²) in [4.78, 5) is 7.92. The monoisotopic (exact) mass is 312 g/mol. The SMILES string of the molecule is Cc1cc(Oc2ncncc2Br)cc(C)c1Cl. The second-order valence-electron chi connectivity index (χ2n) is 3.65. The fourth-order valence-corrected chi connectivity index (χ4v) is 1.86. The van der Waals surface area contributed by atoms with Crippen LogP contribution in [0.25, 0.3) is 0 Å². The number of benzene rings is 1. The third kappa shape index (κ3) is 2.76. The van der Waals surface area contributed by atoms with Crippen LogP contribution in [-0.2, 0) is 0 Å². The van der Waals surface area contributed by atoms with Crippen molar-refractivity contribution in [3.8, 4) is 11.6 Å². The predicted octanol–water partition coefficient (Wildman–Crippen LogP) is 4.30. The van der Waals surface area contributed by atoms with Crippen molar-refractivity contribution in [2.45, 2.75) is 13.8 Å². The van der Waals surface area contributed by atoms with E-state index in [-0.39, 0.29) is 0 Å². The van der Waals surface area contributed by atoms with E-state index < -0.39 is 0 Å². The summed E-state index contributed by atoms with van der Waals surface area (Å²) in [6.45, 7) is 3.88. The van der Waals surface area contributed by atoms with Gasteiger partial charge in [-0.25, -0.2) is 9.97 Å². The Labute approximate surface area is 113 Å². The number of rotatable bonds is 2. The second-order valence-corrected chi connectivity index (χ2v) is 4.88. The lowest BCUT2D eigenvalue weighted by atomic mass is 10.1. The van der Waals surface area contributed by atoms with Crippen molar-refractivity contribution in [1.29, 1.82) is 0 Å². The van der Waals surface area contributed by atoms with Crippen LogP contribution in [-0.4, -0.2) is 9.97 Å². The van der Waals surface area contributed by atoms with Gasteiger partial charge in [-0.05, 0) is 53.0 Å². The molecular formula is C12H10BrClN2O. The summed E-state index contributed by atoms with van der Waals surface area (Å²) in [5.74, 6) is 1.20. The molecular weight excluding hydrogens is 304 g/mol. The zero-order chi connectivity index (χ0) is 12.4. The lowest BCUT2D eigenvalue weighted by molar-refractivity contribution is 0.457. The van der Waals surface area contributed by atoms with Crippen LogP contribution in [0.1, 0.15) is 11.1 Å². The average Bonchev–Trinajstić information content (AvgIpc) is 2.29. The molecule has 3 nitrogen and oxygen atoms in total. The van der Waals surface area contributed by atoms with Crippen molar-refractivity contribution in [3.05, 3.63) is 45.3 Å². The molecule has 0 unspecified atom stereocenters. The first-order valence-electron chi connectivity index (χ1n) is 4.98. The molecule has 5 heteroatoms. The maximum absolute atomic E-state index is 6.09. The number of nitrogens with zero attached hydrogens (tertiary/aromatic N) is 2. The van der Waals surface area contributed by atoms with E-state index in [1.807, 2.05) is 26.0 Å². The number of aromatic nitrogens is 2. The number of hydrogen-bond donors (Lipinski definition) is 0. The highest BCUT2D eigenvalue weighted by atomic mass is 79.9. The summed E-state index contributed by atoms with van der Waals surface area (Å²) in [6.07, 6.45) is 3.08. The van der Waals surface area contributed by atoms with E-state index in [2.05, 4.69) is 25.9 Å². The van der Waals surface area contributed by atoms with Crippen molar-refractivity contribution in [2.24, 2.45) is 0 Å². The molecule has 0 spiro atoms. The Hall–Kier alpha value is -1.13. The average molecular weight is 314 g/mol. The molecule has 2 aromatic rings. The first-order chi connectivity index (χ1) is 8.08. The van der Waals surface area contributed by atoms with E-state index in [1.165, 1.54) is 6.33 Å². The Kier molecular flexibility index (Phi) is 3.64. The highest BCUT2D eigenvalue weighted by Crippen LogP contribution is 2.30. The number of halogens is 2. The Bertz CT molecular complexity index is 537. The summed E-state index contributed by atoms with van der Waals surface area (Å²) in [7, 11) is 0. The van der Waals surface area contributed by atoms with Gasteiger partial charge >= 0.3 is 0 Å². The maximum atomic E-state index is 6.09. The van der Waals surface area contributed by atoms with Gasteiger partial charge in [-0.3, -0.25) is 0 Å². The topological polar surface area (TPSA) is 35.0 Å². The van der Waals surface area contributed by atoms with Crippen LogP contribution in [0.15, 0.2) is 29.1 Å². The highest BCUT2D eigenvalue weighted by Gasteiger charge is 2.07. The van der Waals surface area contributed by atoms with Crippen LogP contribution in [0.3, 0.4) is 0 Å². The third-order valence-electron chi connectivity index (χ3n) is 2.26. The maximum Gasteiger partial charge on any atom is 0.236 e. The summed E-state index contributed by atoms with van der Waals surface area (Å²) in [5.41, 5.74) is 1.96. The van der Waals surface area contributed by atoms with E-state index in [0.717, 1.165) is 16.1 Å². The van der Waals surface area contributed by atoms with Crippen LogP contribution in [0.4, 0.5) is 0 Å². The molecule has 0 saturated carbocycles. The molecule has 0 saturated heterocycles. The lowest BCUT2D eigenvalue weighted by Gasteiger charge is -2.09. The Morgan fingerprint density at radius 2 is 1.88 bits per heavy atom. The molecule has 88 valence electrons. The normalized spacial score (nSPS) is 10.4. The van der Waals surface area contributed by atoms with Gasteiger partial charge in [0, 0.05) is 11.2 Å². The molecule has 1 heterocycles. The molecule has 0 aliphatic heterocycles. The first-order valence-corrected chi connectivity index (χ1v) is 6.15. The molecule has 1 aromatic heterocycles. The number of aryl methyl sites for hydroxylation is 2. The quantitative estimate of drug-likeness (QED) is 0.829. The lowest BCUT2D eigenvalue weighted by Crippen LogP contribution is -1.92. The van der Waals surface area contributed by atoms with E-state index in [0.29, 0.717) is 16.1 Å². The minimum absolute atomic E-state index is 0.487. The summed E-state index contributed by atoms with van der Waals surface area (Å²) in [5, 5.41) is 0.763. The van der Waals surface area contributed by atoms with Crippen molar-refractivity contribution in [2.75, 3.05) is 0 Å². The Morgan fingerprint density at radius 3 is 2.47 bits per heavy atom. The van der Waals surface area contributed by atoms with Gasteiger partial charge in [-0.1, -0.05) is 11.6 Å². The van der Waals surface area contributed by atoms with Crippen LogP contribution in [0, 0.1) is 13.8 Å². The summed E-state index contributed by atoms with van der Waals surface area (Å²) >= 11 is 9.42. The summed E-state index contributed by atoms with van der Waals surface area (Å²) in [6, 6.07) is 3.76. The first kappa shape index (κ1) is 12.3. The summed E-state index contributed by atoms with van der Waals surface area (Å²) < 4.78 is 6.38. The van der Waals surface area contributed by atoms with Gasteiger partial charge in [0.15, 0.2) is 0 Å². The van der Waals surface area contributed by atoms with E-state index in [4.69, 9.17) is 16.3 Å². The van der Waals surface area contributed by atoms with Crippen molar-refractivity contribution >= 4 is 27.5 Å². The molecule has 0 aliphatic rings. The van der Waals surface area contributed by atoms with Gasteiger partial charge in [0.1, 0.15) is 12.1 Å². The van der Waals surface area contributed by atoms with Gasteiger partial charge < -0.3 is 4.74 Å². The van der Waals surface area contributed by atoms with Gasteiger partial charge in [-0.15, -0.1) is 0 Å². The van der Waals surface area contributed by atoms with E-state index in [1.54, 1.807) is 6.20 Å². The standard InChI is InChI=1S/C12H10BrClN2O/c1-7-3-9(4-8(2)11(7)14)17-12-10(13)5-15-6-16-12/h3-6H,1-2H3. The molecule has 1 aromatic carbocycles. The fraction of sp³-hybridized carbons (Fsp3) is 0.167. The van der Waals surface area contributed by atoms with Crippen molar-refractivity contribution in [1.82, 2.24) is 9.97 Å². The van der Waals surface area contributed by atoms with Crippen LogP contribution in [0.5, 0.6) is 11.6 Å². The van der Waals surface area contributed by atoms with Gasteiger partial charge in [-0.2, -0.15) is 0 Å². The number of hydrogen-bond acceptors (Lipinski definition) is 3. The second kappa shape index (κ2) is 5.02.